The number of hydrogen-bond donors (Lipinski definition) is 0. The van der Waals surface area contributed by atoms with Gasteiger partial charge in [-0.25, -0.2) is 4.79 Å². The second-order valence-corrected chi connectivity index (χ2v) is 6.88. The zero-order valence-corrected chi connectivity index (χ0v) is 14.4. The van der Waals surface area contributed by atoms with Crippen molar-refractivity contribution < 1.29 is 9.53 Å². The van der Waals surface area contributed by atoms with Crippen molar-refractivity contribution in [2.45, 2.75) is 24.8 Å². The first kappa shape index (κ1) is 16.2. The Morgan fingerprint density at radius 2 is 1.60 bits per heavy atom. The van der Waals surface area contributed by atoms with Crippen LogP contribution in [0.4, 0.5) is 4.79 Å². The highest BCUT2D eigenvalue weighted by Crippen LogP contribution is 2.44. The topological polar surface area (TPSA) is 32.8 Å². The van der Waals surface area contributed by atoms with Crippen LogP contribution in [0.2, 0.25) is 0 Å². The first-order valence-corrected chi connectivity index (χ1v) is 9.12. The largest absolute Gasteiger partial charge is 0.415 e. The number of carbonyl (C=O) groups excluding carboxylic acids is 1. The standard InChI is InChI=1S/C21H24N2O2/c24-21(25-18-10-5-2-6-11-18)23-13-7-12-22(14-15-23)20-16-19(20)17-8-3-1-4-9-17/h1-6,8-11,19-20H,7,12-16H2/t19-,20-/m0/s1. The molecule has 25 heavy (non-hydrogen) atoms. The van der Waals surface area contributed by atoms with Crippen molar-refractivity contribution in [1.82, 2.24) is 9.80 Å². The van der Waals surface area contributed by atoms with E-state index < -0.39 is 0 Å². The smallest absolute Gasteiger partial charge is 0.410 e. The second kappa shape index (κ2) is 7.28. The lowest BCUT2D eigenvalue weighted by molar-refractivity contribution is 0.153. The van der Waals surface area contributed by atoms with Crippen molar-refractivity contribution in [3.8, 4) is 5.75 Å². The fourth-order valence-corrected chi connectivity index (χ4v) is 3.75. The molecule has 0 N–H and O–H groups in total. The minimum absolute atomic E-state index is 0.233. The van der Waals surface area contributed by atoms with Crippen molar-refractivity contribution in [3.05, 3.63) is 66.2 Å². The number of benzene rings is 2. The molecule has 1 saturated heterocycles. The molecule has 130 valence electrons. The maximum atomic E-state index is 12.4. The minimum Gasteiger partial charge on any atom is -0.410 e. The van der Waals surface area contributed by atoms with E-state index >= 15 is 0 Å². The van der Waals surface area contributed by atoms with Crippen LogP contribution in [0.25, 0.3) is 0 Å². The molecule has 0 spiro atoms. The molecule has 4 nitrogen and oxygen atoms in total. The summed E-state index contributed by atoms with van der Waals surface area (Å²) in [5.41, 5.74) is 1.44. The Kier molecular flexibility index (Phi) is 4.70. The highest BCUT2D eigenvalue weighted by Gasteiger charge is 2.42. The van der Waals surface area contributed by atoms with Gasteiger partial charge in [-0.05, 0) is 30.5 Å². The van der Waals surface area contributed by atoms with Gasteiger partial charge in [0.2, 0.25) is 0 Å². The van der Waals surface area contributed by atoms with Crippen LogP contribution in [0, 0.1) is 0 Å². The first-order valence-electron chi connectivity index (χ1n) is 9.12. The number of rotatable bonds is 3. The van der Waals surface area contributed by atoms with Crippen LogP contribution < -0.4 is 4.74 Å². The van der Waals surface area contributed by atoms with Crippen LogP contribution in [0.5, 0.6) is 5.75 Å². The summed E-state index contributed by atoms with van der Waals surface area (Å²) in [6, 6.07) is 20.7. The van der Waals surface area contributed by atoms with E-state index in [-0.39, 0.29) is 6.09 Å². The molecule has 2 aromatic carbocycles. The van der Waals surface area contributed by atoms with Gasteiger partial charge in [0.15, 0.2) is 0 Å². The first-order chi connectivity index (χ1) is 12.3. The Labute approximate surface area is 149 Å². The van der Waals surface area contributed by atoms with Crippen molar-refractivity contribution in [3.63, 3.8) is 0 Å². The molecule has 0 bridgehead atoms. The molecule has 0 radical (unpaired) electrons. The Morgan fingerprint density at radius 3 is 2.36 bits per heavy atom. The van der Waals surface area contributed by atoms with Crippen LogP contribution in [0.15, 0.2) is 60.7 Å². The minimum atomic E-state index is -0.233. The van der Waals surface area contributed by atoms with Crippen molar-refractivity contribution in [1.29, 1.82) is 0 Å². The van der Waals surface area contributed by atoms with Gasteiger partial charge in [-0.15, -0.1) is 0 Å². The Hall–Kier alpha value is -2.33. The highest BCUT2D eigenvalue weighted by molar-refractivity contribution is 5.70. The molecule has 4 rings (SSSR count). The van der Waals surface area contributed by atoms with Gasteiger partial charge in [-0.3, -0.25) is 4.90 Å². The summed E-state index contributed by atoms with van der Waals surface area (Å²) in [6.45, 7) is 3.50. The number of nitrogens with zero attached hydrogens (tertiary/aromatic N) is 2. The van der Waals surface area contributed by atoms with Gasteiger partial charge < -0.3 is 9.64 Å². The molecule has 1 aliphatic heterocycles. The molecular weight excluding hydrogens is 312 g/mol. The molecule has 2 aliphatic rings. The second-order valence-electron chi connectivity index (χ2n) is 6.88. The summed E-state index contributed by atoms with van der Waals surface area (Å²) >= 11 is 0. The molecule has 1 aliphatic carbocycles. The lowest BCUT2D eigenvalue weighted by atomic mass is 10.1. The summed E-state index contributed by atoms with van der Waals surface area (Å²) in [4.78, 5) is 16.8. The molecule has 2 atom stereocenters. The fraction of sp³-hybridized carbons (Fsp3) is 0.381. The molecular formula is C21H24N2O2. The van der Waals surface area contributed by atoms with E-state index in [1.807, 2.05) is 35.2 Å². The number of hydrogen-bond acceptors (Lipinski definition) is 3. The Morgan fingerprint density at radius 1 is 0.880 bits per heavy atom. The van der Waals surface area contributed by atoms with Crippen LogP contribution in [0.3, 0.4) is 0 Å². The number of amides is 1. The number of para-hydroxylation sites is 1. The normalized spacial score (nSPS) is 23.8. The predicted molar refractivity (Wildman–Crippen MR) is 97.8 cm³/mol. The molecule has 0 aromatic heterocycles. The van der Waals surface area contributed by atoms with Crippen LogP contribution in [-0.2, 0) is 0 Å². The van der Waals surface area contributed by atoms with Gasteiger partial charge in [-0.2, -0.15) is 0 Å². The third kappa shape index (κ3) is 3.85. The molecule has 4 heteroatoms. The summed E-state index contributed by atoms with van der Waals surface area (Å²) in [5, 5.41) is 0. The molecule has 1 amide bonds. The number of carbonyl (C=O) groups is 1. The van der Waals surface area contributed by atoms with Crippen LogP contribution in [0.1, 0.15) is 24.3 Å². The van der Waals surface area contributed by atoms with Crippen molar-refractivity contribution in [2.24, 2.45) is 0 Å². The third-order valence-corrected chi connectivity index (χ3v) is 5.19. The van der Waals surface area contributed by atoms with Crippen molar-refractivity contribution in [2.75, 3.05) is 26.2 Å². The summed E-state index contributed by atoms with van der Waals surface area (Å²) in [6.07, 6.45) is 2.00. The quantitative estimate of drug-likeness (QED) is 0.856. The van der Waals surface area contributed by atoms with Crippen LogP contribution in [-0.4, -0.2) is 48.1 Å². The van der Waals surface area contributed by atoms with E-state index in [9.17, 15) is 4.79 Å². The van der Waals surface area contributed by atoms with E-state index in [1.165, 1.54) is 12.0 Å². The zero-order chi connectivity index (χ0) is 17.1. The third-order valence-electron chi connectivity index (χ3n) is 5.19. The van der Waals surface area contributed by atoms with Crippen LogP contribution >= 0.6 is 0 Å². The lowest BCUT2D eigenvalue weighted by Crippen LogP contribution is -2.37. The molecule has 1 saturated carbocycles. The number of ether oxygens (including phenoxy) is 1. The van der Waals surface area contributed by atoms with E-state index in [1.54, 1.807) is 0 Å². The summed E-state index contributed by atoms with van der Waals surface area (Å²) in [7, 11) is 0. The monoisotopic (exact) mass is 336 g/mol. The molecule has 2 fully saturated rings. The van der Waals surface area contributed by atoms with Gasteiger partial charge in [-0.1, -0.05) is 48.5 Å². The fourth-order valence-electron chi connectivity index (χ4n) is 3.75. The van der Waals surface area contributed by atoms with Crippen molar-refractivity contribution >= 4 is 6.09 Å². The molecule has 2 aromatic rings. The van der Waals surface area contributed by atoms with Gasteiger partial charge in [0.1, 0.15) is 5.75 Å². The SMILES string of the molecule is O=C(Oc1ccccc1)N1CCCN([C@H]2C[C@H]2c2ccccc2)CC1. The molecule has 1 heterocycles. The van der Waals surface area contributed by atoms with Gasteiger partial charge >= 0.3 is 6.09 Å². The Balaban J connectivity index is 1.31. The van der Waals surface area contributed by atoms with E-state index in [4.69, 9.17) is 4.74 Å². The lowest BCUT2D eigenvalue weighted by Gasteiger charge is -2.22. The maximum Gasteiger partial charge on any atom is 0.415 e. The maximum absolute atomic E-state index is 12.4. The average molecular weight is 336 g/mol. The predicted octanol–water partition coefficient (Wildman–Crippen LogP) is 3.75. The van der Waals surface area contributed by atoms with E-state index in [2.05, 4.69) is 35.2 Å². The average Bonchev–Trinajstić information content (AvgIpc) is 3.46. The van der Waals surface area contributed by atoms with Gasteiger partial charge in [0.05, 0.1) is 0 Å². The zero-order valence-electron chi connectivity index (χ0n) is 14.4. The highest BCUT2D eigenvalue weighted by atomic mass is 16.6. The summed E-state index contributed by atoms with van der Waals surface area (Å²) in [5.74, 6) is 1.27. The van der Waals surface area contributed by atoms with Gasteiger partial charge in [0, 0.05) is 38.1 Å². The van der Waals surface area contributed by atoms with E-state index in [0.717, 1.165) is 32.6 Å². The van der Waals surface area contributed by atoms with Gasteiger partial charge in [0.25, 0.3) is 0 Å². The Bertz CT molecular complexity index is 704. The summed E-state index contributed by atoms with van der Waals surface area (Å²) < 4.78 is 5.48. The molecule has 0 unspecified atom stereocenters. The van der Waals surface area contributed by atoms with E-state index in [0.29, 0.717) is 17.7 Å².